The topological polar surface area (TPSA) is 0 Å². The molecule has 0 aliphatic carbocycles. The average molecular weight is 492 g/mol. The second-order valence-corrected chi connectivity index (χ2v) is 9.58. The van der Waals surface area contributed by atoms with Crippen molar-refractivity contribution in [2.45, 2.75) is 65.2 Å². The quantitative estimate of drug-likeness (QED) is 0.175. The molecule has 0 aliphatic rings. The molecule has 0 amide bonds. The zero-order valence-corrected chi connectivity index (χ0v) is 22.0. The standard InChI is InChI=1S/C32H36Cl2/c1-3-5-7-11-25-15-19-27(20-16-25)28-21-17-26(18-22-28)12-9-10-14-30-24-23-29(13-8-6-4-2)31(33)32(30)34/h3-6,15-24H,7-14H2,1-2H3/b5-3+,6-4+. The summed E-state index contributed by atoms with van der Waals surface area (Å²) >= 11 is 13.1. The Labute approximate surface area is 216 Å². The molecule has 0 heterocycles. The van der Waals surface area contributed by atoms with E-state index in [2.05, 4.69) is 91.9 Å². The van der Waals surface area contributed by atoms with Crippen LogP contribution in [-0.4, -0.2) is 0 Å². The van der Waals surface area contributed by atoms with Crippen LogP contribution in [0.25, 0.3) is 11.1 Å². The van der Waals surface area contributed by atoms with Crippen molar-refractivity contribution in [1.82, 2.24) is 0 Å². The summed E-state index contributed by atoms with van der Waals surface area (Å²) in [6, 6.07) is 22.3. The third-order valence-electron chi connectivity index (χ3n) is 6.30. The molecule has 0 aliphatic heterocycles. The number of unbranched alkanes of at least 4 members (excludes halogenated alkanes) is 1. The number of allylic oxidation sites excluding steroid dienone is 4. The van der Waals surface area contributed by atoms with Crippen LogP contribution in [0.2, 0.25) is 10.0 Å². The van der Waals surface area contributed by atoms with Gasteiger partial charge in [-0.25, -0.2) is 0 Å². The smallest absolute Gasteiger partial charge is 0.0627 e. The summed E-state index contributed by atoms with van der Waals surface area (Å²) in [7, 11) is 0. The van der Waals surface area contributed by atoms with Crippen molar-refractivity contribution < 1.29 is 0 Å². The first-order valence-electron chi connectivity index (χ1n) is 12.5. The predicted molar refractivity (Wildman–Crippen MR) is 151 cm³/mol. The summed E-state index contributed by atoms with van der Waals surface area (Å²) in [5.74, 6) is 0. The molecule has 0 radical (unpaired) electrons. The van der Waals surface area contributed by atoms with Gasteiger partial charge in [0.25, 0.3) is 0 Å². The van der Waals surface area contributed by atoms with Crippen LogP contribution < -0.4 is 0 Å². The molecule has 0 N–H and O–H groups in total. The van der Waals surface area contributed by atoms with Gasteiger partial charge < -0.3 is 0 Å². The summed E-state index contributed by atoms with van der Waals surface area (Å²) < 4.78 is 0. The molecule has 0 unspecified atom stereocenters. The van der Waals surface area contributed by atoms with Crippen LogP contribution in [0.1, 0.15) is 61.8 Å². The fourth-order valence-corrected chi connectivity index (χ4v) is 4.77. The zero-order valence-electron chi connectivity index (χ0n) is 20.5. The highest BCUT2D eigenvalue weighted by atomic mass is 35.5. The predicted octanol–water partition coefficient (Wildman–Crippen LogP) is 10.2. The van der Waals surface area contributed by atoms with Crippen LogP contribution >= 0.6 is 23.2 Å². The van der Waals surface area contributed by atoms with E-state index in [-0.39, 0.29) is 0 Å². The van der Waals surface area contributed by atoms with E-state index in [0.717, 1.165) is 72.5 Å². The summed E-state index contributed by atoms with van der Waals surface area (Å²) in [4.78, 5) is 0. The minimum atomic E-state index is 0.727. The molecular weight excluding hydrogens is 455 g/mol. The van der Waals surface area contributed by atoms with Gasteiger partial charge in [-0.1, -0.05) is 108 Å². The number of aryl methyl sites for hydroxylation is 4. The molecule has 0 nitrogen and oxygen atoms in total. The Morgan fingerprint density at radius 1 is 0.529 bits per heavy atom. The lowest BCUT2D eigenvalue weighted by Crippen LogP contribution is -1.94. The van der Waals surface area contributed by atoms with Gasteiger partial charge in [0.2, 0.25) is 0 Å². The van der Waals surface area contributed by atoms with E-state index in [1.807, 2.05) is 6.92 Å². The highest BCUT2D eigenvalue weighted by Crippen LogP contribution is 2.31. The minimum Gasteiger partial charge on any atom is -0.0917 e. The summed E-state index contributed by atoms with van der Waals surface area (Å²) in [5, 5.41) is 1.46. The monoisotopic (exact) mass is 490 g/mol. The van der Waals surface area contributed by atoms with Crippen molar-refractivity contribution in [2.24, 2.45) is 0 Å². The Hall–Kier alpha value is -2.28. The first kappa shape index (κ1) is 26.3. The maximum absolute atomic E-state index is 6.57. The highest BCUT2D eigenvalue weighted by Gasteiger charge is 2.09. The highest BCUT2D eigenvalue weighted by molar-refractivity contribution is 6.43. The van der Waals surface area contributed by atoms with E-state index < -0.39 is 0 Å². The third-order valence-corrected chi connectivity index (χ3v) is 7.26. The van der Waals surface area contributed by atoms with Crippen molar-refractivity contribution in [3.63, 3.8) is 0 Å². The van der Waals surface area contributed by atoms with Gasteiger partial charge in [-0.2, -0.15) is 0 Å². The third kappa shape index (κ3) is 7.90. The first-order chi connectivity index (χ1) is 16.6. The summed E-state index contributed by atoms with van der Waals surface area (Å²) in [5.41, 5.74) is 7.63. The average Bonchev–Trinajstić information content (AvgIpc) is 2.86. The van der Waals surface area contributed by atoms with Crippen molar-refractivity contribution in [1.29, 1.82) is 0 Å². The molecule has 3 aromatic carbocycles. The van der Waals surface area contributed by atoms with Crippen LogP contribution in [0.4, 0.5) is 0 Å². The SMILES string of the molecule is C/C=C/CCc1ccc(-c2ccc(CCCCc3ccc(CC/C=C/C)c(Cl)c3Cl)cc2)cc1. The molecule has 3 rings (SSSR count). The first-order valence-corrected chi connectivity index (χ1v) is 13.2. The van der Waals surface area contributed by atoms with E-state index in [1.54, 1.807) is 0 Å². The van der Waals surface area contributed by atoms with Crippen molar-refractivity contribution >= 4 is 23.2 Å². The Morgan fingerprint density at radius 2 is 0.971 bits per heavy atom. The molecule has 2 heteroatoms. The van der Waals surface area contributed by atoms with Crippen LogP contribution in [0, 0.1) is 0 Å². The van der Waals surface area contributed by atoms with Crippen molar-refractivity contribution in [3.05, 3.63) is 117 Å². The number of benzene rings is 3. The fourth-order valence-electron chi connectivity index (χ4n) is 4.21. The molecule has 0 atom stereocenters. The summed E-state index contributed by atoms with van der Waals surface area (Å²) in [6.07, 6.45) is 17.0. The van der Waals surface area contributed by atoms with Gasteiger partial charge in [0, 0.05) is 0 Å². The van der Waals surface area contributed by atoms with Gasteiger partial charge in [-0.15, -0.1) is 0 Å². The van der Waals surface area contributed by atoms with Crippen molar-refractivity contribution in [3.8, 4) is 11.1 Å². The van der Waals surface area contributed by atoms with Gasteiger partial charge >= 0.3 is 0 Å². The normalized spacial score (nSPS) is 11.6. The van der Waals surface area contributed by atoms with Gasteiger partial charge in [0.15, 0.2) is 0 Å². The Bertz CT molecular complexity index is 1070. The van der Waals surface area contributed by atoms with Crippen LogP contribution in [0.15, 0.2) is 85.0 Å². The molecule has 0 saturated carbocycles. The second-order valence-electron chi connectivity index (χ2n) is 8.83. The number of hydrogen-bond donors (Lipinski definition) is 0. The Balaban J connectivity index is 1.47. The lowest BCUT2D eigenvalue weighted by atomic mass is 9.98. The van der Waals surface area contributed by atoms with E-state index in [9.17, 15) is 0 Å². The maximum atomic E-state index is 6.57. The summed E-state index contributed by atoms with van der Waals surface area (Å²) in [6.45, 7) is 4.11. The largest absolute Gasteiger partial charge is 0.0917 e. The molecule has 3 aromatic rings. The van der Waals surface area contributed by atoms with Gasteiger partial charge in [0.1, 0.15) is 0 Å². The van der Waals surface area contributed by atoms with E-state index in [0.29, 0.717) is 0 Å². The van der Waals surface area contributed by atoms with E-state index in [4.69, 9.17) is 23.2 Å². The molecule has 0 fully saturated rings. The zero-order chi connectivity index (χ0) is 24.2. The minimum absolute atomic E-state index is 0.727. The van der Waals surface area contributed by atoms with Crippen molar-refractivity contribution in [2.75, 3.05) is 0 Å². The van der Waals surface area contributed by atoms with Gasteiger partial charge in [0.05, 0.1) is 10.0 Å². The molecule has 0 saturated heterocycles. The van der Waals surface area contributed by atoms with Crippen LogP contribution in [-0.2, 0) is 25.7 Å². The van der Waals surface area contributed by atoms with Gasteiger partial charge in [-0.05, 0) is 98.6 Å². The van der Waals surface area contributed by atoms with E-state index in [1.165, 1.54) is 22.3 Å². The van der Waals surface area contributed by atoms with Crippen LogP contribution in [0.3, 0.4) is 0 Å². The Morgan fingerprint density at radius 3 is 1.50 bits per heavy atom. The van der Waals surface area contributed by atoms with E-state index >= 15 is 0 Å². The maximum Gasteiger partial charge on any atom is 0.0627 e. The molecule has 0 spiro atoms. The molecule has 0 aromatic heterocycles. The molecule has 34 heavy (non-hydrogen) atoms. The number of halogens is 2. The molecule has 178 valence electrons. The number of hydrogen-bond acceptors (Lipinski definition) is 0. The second kappa shape index (κ2) is 14.2. The lowest BCUT2D eigenvalue weighted by molar-refractivity contribution is 0.734. The molecular formula is C32H36Cl2. The Kier molecular flexibility index (Phi) is 11.0. The van der Waals surface area contributed by atoms with Gasteiger partial charge in [-0.3, -0.25) is 0 Å². The fraction of sp³-hybridized carbons (Fsp3) is 0.312. The number of rotatable bonds is 12. The lowest BCUT2D eigenvalue weighted by Gasteiger charge is -2.10. The van der Waals surface area contributed by atoms with Crippen LogP contribution in [0.5, 0.6) is 0 Å². The molecule has 0 bridgehead atoms.